The van der Waals surface area contributed by atoms with Gasteiger partial charge in [0.1, 0.15) is 5.82 Å². The van der Waals surface area contributed by atoms with Crippen molar-refractivity contribution in [3.63, 3.8) is 0 Å². The summed E-state index contributed by atoms with van der Waals surface area (Å²) >= 11 is 0. The van der Waals surface area contributed by atoms with E-state index in [2.05, 4.69) is 10.2 Å². The number of aryl methyl sites for hydroxylation is 1. The minimum absolute atomic E-state index is 0.0857. The van der Waals surface area contributed by atoms with Gasteiger partial charge in [-0.05, 0) is 49.6 Å². The highest BCUT2D eigenvalue weighted by atomic mass is 32.2. The zero-order chi connectivity index (χ0) is 19.4. The number of carbonyl (C=O) groups excluding carboxylic acids is 1. The molecule has 27 heavy (non-hydrogen) atoms. The molecule has 0 radical (unpaired) electrons. The van der Waals surface area contributed by atoms with Crippen molar-refractivity contribution in [3.8, 4) is 11.3 Å². The quantitative estimate of drug-likeness (QED) is 0.774. The van der Waals surface area contributed by atoms with Crippen LogP contribution in [0.15, 0.2) is 30.3 Å². The molecule has 1 N–H and O–H groups in total. The van der Waals surface area contributed by atoms with Gasteiger partial charge in [-0.2, -0.15) is 9.40 Å². The smallest absolute Gasteiger partial charge is 0.237 e. The summed E-state index contributed by atoms with van der Waals surface area (Å²) in [6, 6.07) is 8.05. The van der Waals surface area contributed by atoms with E-state index in [1.54, 1.807) is 24.1 Å². The maximum atomic E-state index is 13.0. The lowest BCUT2D eigenvalue weighted by Crippen LogP contribution is -2.39. The van der Waals surface area contributed by atoms with Gasteiger partial charge in [0.2, 0.25) is 15.9 Å². The Balaban J connectivity index is 1.46. The van der Waals surface area contributed by atoms with Gasteiger partial charge in [-0.1, -0.05) is 0 Å². The van der Waals surface area contributed by atoms with Gasteiger partial charge >= 0.3 is 0 Å². The van der Waals surface area contributed by atoms with E-state index >= 15 is 0 Å². The lowest BCUT2D eigenvalue weighted by Gasteiger charge is -2.20. The summed E-state index contributed by atoms with van der Waals surface area (Å²) in [6.45, 7) is 0.859. The van der Waals surface area contributed by atoms with Crippen molar-refractivity contribution in [1.29, 1.82) is 0 Å². The number of hydrogen-bond donors (Lipinski definition) is 1. The highest BCUT2D eigenvalue weighted by molar-refractivity contribution is 7.89. The molecule has 3 rings (SSSR count). The average molecular weight is 394 g/mol. The van der Waals surface area contributed by atoms with E-state index in [-0.39, 0.29) is 24.0 Å². The number of H-pyrrole nitrogens is 1. The van der Waals surface area contributed by atoms with Crippen LogP contribution in [0.3, 0.4) is 0 Å². The van der Waals surface area contributed by atoms with Crippen LogP contribution >= 0.6 is 0 Å². The molecule has 1 fully saturated rings. The monoisotopic (exact) mass is 394 g/mol. The van der Waals surface area contributed by atoms with Crippen molar-refractivity contribution >= 4 is 15.9 Å². The number of halogens is 1. The minimum atomic E-state index is -3.26. The number of rotatable bonds is 7. The Morgan fingerprint density at radius 1 is 1.33 bits per heavy atom. The summed E-state index contributed by atoms with van der Waals surface area (Å²) in [5.41, 5.74) is 2.50. The normalized spacial score (nSPS) is 16.5. The first-order valence-corrected chi connectivity index (χ1v) is 10.5. The van der Waals surface area contributed by atoms with Gasteiger partial charge < -0.3 is 4.90 Å². The zero-order valence-electron chi connectivity index (χ0n) is 15.2. The summed E-state index contributed by atoms with van der Waals surface area (Å²) < 4.78 is 37.8. The van der Waals surface area contributed by atoms with E-state index in [9.17, 15) is 17.6 Å². The summed E-state index contributed by atoms with van der Waals surface area (Å²) in [4.78, 5) is 13.8. The predicted octanol–water partition coefficient (Wildman–Crippen LogP) is 1.64. The standard InChI is InChI=1S/C18H23FN4O3S/c1-22(18(24)13-23-10-3-11-27(23,25)26)9-2-4-16-12-17(21-20-16)14-5-7-15(19)8-6-14/h5-8,12H,2-4,9-11,13H2,1H3,(H,20,21). The highest BCUT2D eigenvalue weighted by Gasteiger charge is 2.30. The molecule has 1 aliphatic heterocycles. The molecule has 0 atom stereocenters. The molecule has 1 aromatic carbocycles. The van der Waals surface area contributed by atoms with E-state index in [0.29, 0.717) is 25.9 Å². The van der Waals surface area contributed by atoms with Gasteiger partial charge in [-0.15, -0.1) is 0 Å². The van der Waals surface area contributed by atoms with Crippen LogP contribution in [0.25, 0.3) is 11.3 Å². The summed E-state index contributed by atoms with van der Waals surface area (Å²) in [5.74, 6) is -0.360. The fourth-order valence-electron chi connectivity index (χ4n) is 3.03. The first-order valence-electron chi connectivity index (χ1n) is 8.87. The average Bonchev–Trinajstić information content (AvgIpc) is 3.22. The van der Waals surface area contributed by atoms with Gasteiger partial charge in [-0.25, -0.2) is 12.8 Å². The van der Waals surface area contributed by atoms with Gasteiger partial charge in [0.25, 0.3) is 0 Å². The molecule has 0 aliphatic carbocycles. The van der Waals surface area contributed by atoms with Crippen LogP contribution in [-0.4, -0.2) is 66.2 Å². The number of nitrogens with zero attached hydrogens (tertiary/aromatic N) is 3. The molecule has 1 saturated heterocycles. The van der Waals surface area contributed by atoms with Crippen LogP contribution in [0, 0.1) is 5.82 Å². The summed E-state index contributed by atoms with van der Waals surface area (Å²) in [6.07, 6.45) is 2.00. The van der Waals surface area contributed by atoms with Gasteiger partial charge in [0, 0.05) is 31.4 Å². The van der Waals surface area contributed by atoms with Crippen molar-refractivity contribution in [3.05, 3.63) is 41.8 Å². The molecule has 0 spiro atoms. The molecule has 1 aromatic heterocycles. The number of benzene rings is 1. The number of carbonyl (C=O) groups is 1. The molecule has 7 nitrogen and oxygen atoms in total. The number of hydrogen-bond acceptors (Lipinski definition) is 4. The number of aromatic amines is 1. The SMILES string of the molecule is CN(CCCc1cc(-c2ccc(F)cc2)n[nH]1)C(=O)CN1CCCS1(=O)=O. The van der Waals surface area contributed by atoms with Gasteiger partial charge in [0.15, 0.2) is 0 Å². The topological polar surface area (TPSA) is 86.4 Å². The lowest BCUT2D eigenvalue weighted by molar-refractivity contribution is -0.130. The molecular formula is C18H23FN4O3S. The molecule has 9 heteroatoms. The number of likely N-dealkylation sites (N-methyl/N-ethyl adjacent to an activating group) is 1. The van der Waals surface area contributed by atoms with E-state index in [1.165, 1.54) is 16.4 Å². The molecule has 146 valence electrons. The summed E-state index contributed by atoms with van der Waals surface area (Å²) in [7, 11) is -1.57. The van der Waals surface area contributed by atoms with Gasteiger partial charge in [0.05, 0.1) is 18.0 Å². The largest absolute Gasteiger partial charge is 0.345 e. The number of sulfonamides is 1. The molecule has 1 aliphatic rings. The second kappa shape index (κ2) is 8.18. The Labute approximate surface area is 158 Å². The molecule has 0 bridgehead atoms. The van der Waals surface area contributed by atoms with E-state index in [1.807, 2.05) is 6.07 Å². The highest BCUT2D eigenvalue weighted by Crippen LogP contribution is 2.18. The van der Waals surface area contributed by atoms with Crippen LogP contribution in [0.4, 0.5) is 4.39 Å². The van der Waals surface area contributed by atoms with Crippen LogP contribution in [-0.2, 0) is 21.2 Å². The third-order valence-electron chi connectivity index (χ3n) is 4.65. The fourth-order valence-corrected chi connectivity index (χ4v) is 4.50. The fraction of sp³-hybridized carbons (Fsp3) is 0.444. The first-order chi connectivity index (χ1) is 12.8. The van der Waals surface area contributed by atoms with Crippen LogP contribution in [0.1, 0.15) is 18.5 Å². The molecule has 2 heterocycles. The van der Waals surface area contributed by atoms with Crippen LogP contribution in [0.5, 0.6) is 0 Å². The second-order valence-corrected chi connectivity index (χ2v) is 8.80. The molecule has 2 aromatic rings. The molecule has 0 unspecified atom stereocenters. The Morgan fingerprint density at radius 2 is 2.07 bits per heavy atom. The third kappa shape index (κ3) is 4.92. The molecule has 1 amide bonds. The Bertz CT molecular complexity index is 896. The lowest BCUT2D eigenvalue weighted by atomic mass is 10.1. The first kappa shape index (κ1) is 19.5. The van der Waals surface area contributed by atoms with E-state index in [4.69, 9.17) is 0 Å². The van der Waals surface area contributed by atoms with Crippen LogP contribution < -0.4 is 0 Å². The number of nitrogens with one attached hydrogen (secondary N) is 1. The maximum absolute atomic E-state index is 13.0. The van der Waals surface area contributed by atoms with Crippen molar-refractivity contribution in [1.82, 2.24) is 19.4 Å². The Hall–Kier alpha value is -2.26. The van der Waals surface area contributed by atoms with Crippen LogP contribution in [0.2, 0.25) is 0 Å². The Kier molecular flexibility index (Phi) is 5.91. The summed E-state index contributed by atoms with van der Waals surface area (Å²) in [5, 5.41) is 7.19. The zero-order valence-corrected chi connectivity index (χ0v) is 16.0. The second-order valence-electron chi connectivity index (χ2n) is 6.71. The maximum Gasteiger partial charge on any atom is 0.237 e. The van der Waals surface area contributed by atoms with Crippen molar-refractivity contribution in [2.75, 3.05) is 32.4 Å². The van der Waals surface area contributed by atoms with Crippen molar-refractivity contribution in [2.24, 2.45) is 0 Å². The molecular weight excluding hydrogens is 371 g/mol. The van der Waals surface area contributed by atoms with Crippen molar-refractivity contribution in [2.45, 2.75) is 19.3 Å². The predicted molar refractivity (Wildman–Crippen MR) is 99.9 cm³/mol. The van der Waals surface area contributed by atoms with Crippen molar-refractivity contribution < 1.29 is 17.6 Å². The van der Waals surface area contributed by atoms with E-state index < -0.39 is 10.0 Å². The minimum Gasteiger partial charge on any atom is -0.345 e. The number of amides is 1. The third-order valence-corrected chi connectivity index (χ3v) is 6.55. The number of aromatic nitrogens is 2. The molecule has 0 saturated carbocycles. The Morgan fingerprint density at radius 3 is 2.74 bits per heavy atom. The van der Waals surface area contributed by atoms with Gasteiger partial charge in [-0.3, -0.25) is 9.89 Å². The van der Waals surface area contributed by atoms with E-state index in [0.717, 1.165) is 23.4 Å².